The maximum atomic E-state index is 13.4. The highest BCUT2D eigenvalue weighted by Crippen LogP contribution is 2.55. The Morgan fingerprint density at radius 2 is 1.77 bits per heavy atom. The number of esters is 1. The van der Waals surface area contributed by atoms with Gasteiger partial charge in [-0.2, -0.15) is 0 Å². The van der Waals surface area contributed by atoms with Gasteiger partial charge >= 0.3 is 5.97 Å². The van der Waals surface area contributed by atoms with Gasteiger partial charge in [-0.05, 0) is 36.6 Å². The second kappa shape index (κ2) is 8.52. The molecule has 2 fully saturated rings. The minimum Gasteiger partial charge on any atom is -0.497 e. The predicted molar refractivity (Wildman–Crippen MR) is 116 cm³/mol. The minimum absolute atomic E-state index is 0.0674. The number of alkyl halides is 1. The van der Waals surface area contributed by atoms with E-state index in [1.165, 1.54) is 0 Å². The number of amides is 1. The van der Waals surface area contributed by atoms with Crippen LogP contribution in [0, 0.1) is 5.92 Å². The number of fused-ring (bicyclic) bond motifs is 1. The molecule has 4 rings (SSSR count). The topological polar surface area (TPSA) is 65.1 Å². The van der Waals surface area contributed by atoms with E-state index < -0.39 is 23.0 Å². The summed E-state index contributed by atoms with van der Waals surface area (Å²) in [5, 5.41) is 0. The van der Waals surface area contributed by atoms with E-state index in [4.69, 9.17) is 25.8 Å². The van der Waals surface area contributed by atoms with Gasteiger partial charge in [0.25, 0.3) is 0 Å². The molecule has 2 aromatic carbocycles. The Morgan fingerprint density at radius 1 is 1.06 bits per heavy atom. The molecule has 7 heteroatoms. The molecule has 6 nitrogen and oxygen atoms in total. The van der Waals surface area contributed by atoms with E-state index in [2.05, 4.69) is 0 Å². The van der Waals surface area contributed by atoms with E-state index in [0.717, 1.165) is 16.9 Å². The Bertz CT molecular complexity index is 950. The third-order valence-electron chi connectivity index (χ3n) is 6.47. The van der Waals surface area contributed by atoms with Crippen molar-refractivity contribution >= 4 is 23.5 Å². The molecule has 3 unspecified atom stereocenters. The number of hydrogen-bond acceptors (Lipinski definition) is 5. The Kier molecular flexibility index (Phi) is 5.95. The maximum absolute atomic E-state index is 13.4. The molecule has 2 saturated heterocycles. The van der Waals surface area contributed by atoms with Crippen molar-refractivity contribution in [1.29, 1.82) is 0 Å². The summed E-state index contributed by atoms with van der Waals surface area (Å²) in [6.45, 7) is 2.51. The molecular formula is C24H26ClNO5. The van der Waals surface area contributed by atoms with Crippen LogP contribution in [0.3, 0.4) is 0 Å². The van der Waals surface area contributed by atoms with Gasteiger partial charge in [0.05, 0.1) is 26.2 Å². The van der Waals surface area contributed by atoms with Crippen LogP contribution in [0.25, 0.3) is 0 Å². The average molecular weight is 444 g/mol. The van der Waals surface area contributed by atoms with Gasteiger partial charge in [0, 0.05) is 12.4 Å². The van der Waals surface area contributed by atoms with E-state index in [-0.39, 0.29) is 19.1 Å². The summed E-state index contributed by atoms with van der Waals surface area (Å²) < 4.78 is 16.8. The van der Waals surface area contributed by atoms with E-state index in [1.807, 2.05) is 61.5 Å². The highest BCUT2D eigenvalue weighted by Gasteiger charge is 2.79. The second-order valence-corrected chi connectivity index (χ2v) is 8.52. The fraction of sp³-hybridized carbons (Fsp3) is 0.417. The van der Waals surface area contributed by atoms with Gasteiger partial charge < -0.3 is 19.1 Å². The van der Waals surface area contributed by atoms with E-state index in [0.29, 0.717) is 18.9 Å². The number of ether oxygens (including phenoxy) is 3. The van der Waals surface area contributed by atoms with Crippen LogP contribution >= 0.6 is 11.6 Å². The van der Waals surface area contributed by atoms with E-state index >= 15 is 0 Å². The van der Waals surface area contributed by atoms with Crippen LogP contribution in [-0.4, -0.2) is 47.5 Å². The Hall–Kier alpha value is -2.57. The van der Waals surface area contributed by atoms with Crippen LogP contribution in [0.5, 0.6) is 5.75 Å². The van der Waals surface area contributed by atoms with Crippen LogP contribution in [0.4, 0.5) is 0 Å². The van der Waals surface area contributed by atoms with Gasteiger partial charge in [0.1, 0.15) is 5.75 Å². The zero-order valence-electron chi connectivity index (χ0n) is 17.7. The molecule has 2 aromatic rings. The zero-order chi connectivity index (χ0) is 22.1. The number of rotatable bonds is 9. The van der Waals surface area contributed by atoms with E-state index in [1.54, 1.807) is 12.0 Å². The number of carbonyl (C=O) groups is 2. The molecule has 2 heterocycles. The monoisotopic (exact) mass is 443 g/mol. The quantitative estimate of drug-likeness (QED) is 0.438. The van der Waals surface area contributed by atoms with Crippen LogP contribution in [0.2, 0.25) is 0 Å². The number of nitrogens with zero attached hydrogens (tertiary/aromatic N) is 1. The lowest BCUT2D eigenvalue weighted by Gasteiger charge is -2.53. The first-order valence-electron chi connectivity index (χ1n) is 10.3. The van der Waals surface area contributed by atoms with Gasteiger partial charge in [-0.25, -0.2) is 4.79 Å². The molecule has 2 aliphatic heterocycles. The van der Waals surface area contributed by atoms with Crippen molar-refractivity contribution in [3.8, 4) is 5.75 Å². The molecule has 0 bridgehead atoms. The molecule has 3 atom stereocenters. The summed E-state index contributed by atoms with van der Waals surface area (Å²) in [7, 11) is 1.60. The number of hydrogen-bond donors (Lipinski definition) is 0. The van der Waals surface area contributed by atoms with Crippen LogP contribution < -0.4 is 4.74 Å². The maximum Gasteiger partial charge on any atom is 0.339 e. The summed E-state index contributed by atoms with van der Waals surface area (Å²) in [4.78, 5) is 28.0. The smallest absolute Gasteiger partial charge is 0.339 e. The van der Waals surface area contributed by atoms with Crippen molar-refractivity contribution in [2.75, 3.05) is 19.6 Å². The number of halogens is 1. The van der Waals surface area contributed by atoms with Crippen molar-refractivity contribution < 1.29 is 23.8 Å². The standard InChI is InChI=1S/C24H26ClNO5/c1-23-20(12-13-25)21(27)26(14-17-8-10-19(29-2)11-9-17)24(23,22(28)31-23)16-30-15-18-6-4-3-5-7-18/h3-11,20H,12-16H2,1-2H3. The Labute approximate surface area is 187 Å². The highest BCUT2D eigenvalue weighted by molar-refractivity contribution is 6.18. The predicted octanol–water partition coefficient (Wildman–Crippen LogP) is 3.55. The fourth-order valence-electron chi connectivity index (χ4n) is 4.67. The molecule has 31 heavy (non-hydrogen) atoms. The lowest BCUT2D eigenvalue weighted by atomic mass is 9.71. The molecule has 2 aliphatic rings. The lowest BCUT2D eigenvalue weighted by Crippen LogP contribution is -2.76. The lowest BCUT2D eigenvalue weighted by molar-refractivity contribution is -0.243. The first-order chi connectivity index (χ1) is 15.0. The minimum atomic E-state index is -1.17. The van der Waals surface area contributed by atoms with Gasteiger partial charge in [0.2, 0.25) is 11.4 Å². The van der Waals surface area contributed by atoms with Gasteiger partial charge in [-0.15, -0.1) is 11.6 Å². The third kappa shape index (κ3) is 3.48. The molecular weight excluding hydrogens is 418 g/mol. The highest BCUT2D eigenvalue weighted by atomic mass is 35.5. The average Bonchev–Trinajstić information content (AvgIpc) is 2.91. The van der Waals surface area contributed by atoms with Crippen molar-refractivity contribution in [3.05, 3.63) is 65.7 Å². The van der Waals surface area contributed by atoms with Crippen LogP contribution in [0.1, 0.15) is 24.5 Å². The summed E-state index contributed by atoms with van der Waals surface area (Å²) in [5.41, 5.74) is -0.254. The first-order valence-corrected chi connectivity index (χ1v) is 10.8. The second-order valence-electron chi connectivity index (χ2n) is 8.14. The largest absolute Gasteiger partial charge is 0.497 e. The molecule has 0 aromatic heterocycles. The van der Waals surface area contributed by atoms with Crippen molar-refractivity contribution in [3.63, 3.8) is 0 Å². The number of methoxy groups -OCH3 is 1. The molecule has 164 valence electrons. The van der Waals surface area contributed by atoms with Gasteiger partial charge in [-0.1, -0.05) is 42.5 Å². The molecule has 0 spiro atoms. The summed E-state index contributed by atoms with van der Waals surface area (Å²) in [6, 6.07) is 17.2. The normalized spacial score (nSPS) is 26.9. The van der Waals surface area contributed by atoms with Crippen molar-refractivity contribution in [2.45, 2.75) is 37.6 Å². The van der Waals surface area contributed by atoms with Crippen LogP contribution in [0.15, 0.2) is 54.6 Å². The van der Waals surface area contributed by atoms with Gasteiger partial charge in [-0.3, -0.25) is 4.79 Å². The summed E-state index contributed by atoms with van der Waals surface area (Å²) >= 11 is 6.00. The molecule has 0 N–H and O–H groups in total. The molecule has 0 saturated carbocycles. The summed E-state index contributed by atoms with van der Waals surface area (Å²) in [5.74, 6) is -0.0253. The van der Waals surface area contributed by atoms with Gasteiger partial charge in [0.15, 0.2) is 5.60 Å². The Balaban J connectivity index is 1.62. The van der Waals surface area contributed by atoms with Crippen LogP contribution in [-0.2, 0) is 32.2 Å². The van der Waals surface area contributed by atoms with Crippen molar-refractivity contribution in [2.24, 2.45) is 5.92 Å². The first kappa shape index (κ1) is 21.7. The Morgan fingerprint density at radius 3 is 2.39 bits per heavy atom. The van der Waals surface area contributed by atoms with Crippen molar-refractivity contribution in [1.82, 2.24) is 4.90 Å². The SMILES string of the molecule is COc1ccc(CN2C(=O)C(CCCl)C3(C)OC(=O)C23COCc2ccccc2)cc1. The number of carbonyl (C=O) groups excluding carboxylic acids is 2. The fourth-order valence-corrected chi connectivity index (χ4v) is 4.89. The summed E-state index contributed by atoms with van der Waals surface area (Å²) in [6.07, 6.45) is 0.434. The molecule has 1 amide bonds. The molecule has 0 aliphatic carbocycles. The number of benzene rings is 2. The third-order valence-corrected chi connectivity index (χ3v) is 6.69. The molecule has 0 radical (unpaired) electrons. The van der Waals surface area contributed by atoms with E-state index in [9.17, 15) is 9.59 Å². The zero-order valence-corrected chi connectivity index (χ0v) is 18.4. The number of likely N-dealkylation sites (tertiary alicyclic amines) is 1.